The number of anilines is 2. The van der Waals surface area contributed by atoms with E-state index in [4.69, 9.17) is 0 Å². The molecule has 1 N–H and O–H groups in total. The second kappa shape index (κ2) is 9.93. The van der Waals surface area contributed by atoms with Gasteiger partial charge in [-0.15, -0.1) is 11.3 Å². The first-order valence-electron chi connectivity index (χ1n) is 12.1. The lowest BCUT2D eigenvalue weighted by atomic mass is 10.0. The predicted octanol–water partition coefficient (Wildman–Crippen LogP) is 4.77. The zero-order chi connectivity index (χ0) is 28.9. The van der Waals surface area contributed by atoms with E-state index in [1.165, 1.54) is 50.9 Å². The molecule has 0 bridgehead atoms. The molecule has 2 aromatic carbocycles. The molecule has 14 heteroatoms. The highest BCUT2D eigenvalue weighted by molar-refractivity contribution is 7.93. The Morgan fingerprint density at radius 2 is 1.80 bits per heavy atom. The largest absolute Gasteiger partial charge is 0.416 e. The first kappa shape index (κ1) is 27.6. The van der Waals surface area contributed by atoms with Crippen LogP contribution in [0.3, 0.4) is 0 Å². The van der Waals surface area contributed by atoms with Gasteiger partial charge in [0.2, 0.25) is 11.8 Å². The fraction of sp³-hybridized carbons (Fsp3) is 0.269. The molecule has 0 saturated carbocycles. The van der Waals surface area contributed by atoms with Gasteiger partial charge in [-0.1, -0.05) is 6.07 Å². The molecule has 1 aliphatic heterocycles. The third kappa shape index (κ3) is 5.16. The molecule has 1 aliphatic rings. The number of rotatable bonds is 6. The predicted molar refractivity (Wildman–Crippen MR) is 147 cm³/mol. The van der Waals surface area contributed by atoms with Crippen molar-refractivity contribution in [2.45, 2.75) is 30.5 Å². The first-order chi connectivity index (χ1) is 18.8. The molecule has 1 saturated heterocycles. The van der Waals surface area contributed by atoms with E-state index in [1.54, 1.807) is 31.5 Å². The van der Waals surface area contributed by atoms with Gasteiger partial charge in [-0.3, -0.25) is 14.3 Å². The fourth-order valence-electron chi connectivity index (χ4n) is 4.65. The summed E-state index contributed by atoms with van der Waals surface area (Å²) in [5.41, 5.74) is -1.35. The third-order valence-electron chi connectivity index (χ3n) is 6.77. The number of halogens is 3. The Kier molecular flexibility index (Phi) is 6.86. The highest BCUT2D eigenvalue weighted by atomic mass is 32.2. The van der Waals surface area contributed by atoms with Crippen LogP contribution in [0.1, 0.15) is 20.8 Å². The quantitative estimate of drug-likeness (QED) is 0.347. The van der Waals surface area contributed by atoms with Gasteiger partial charge in [0.05, 0.1) is 10.5 Å². The number of carbonyl (C=O) groups excluding carboxylic acids is 2. The molecule has 9 nitrogen and oxygen atoms in total. The SMILES string of the molecule is CC(C)(C(=O)N1CCN(c2ccc(S(=O)(=O)Nc3nccs3)cc2)C(=O)C1)n1ccc2ccc(C(F)(F)F)cc21.[HH]. The number of aromatic nitrogens is 2. The molecular weight excluding hydrogens is 567 g/mol. The maximum atomic E-state index is 13.6. The van der Waals surface area contributed by atoms with Crippen LogP contribution in [0.15, 0.2) is 71.2 Å². The smallest absolute Gasteiger partial charge is 0.333 e. The average molecular weight is 594 g/mol. The Labute approximate surface area is 233 Å². The van der Waals surface area contributed by atoms with E-state index in [9.17, 15) is 31.2 Å². The van der Waals surface area contributed by atoms with Gasteiger partial charge in [0.25, 0.3) is 10.0 Å². The monoisotopic (exact) mass is 593 g/mol. The zero-order valence-electron chi connectivity index (χ0n) is 21.3. The van der Waals surface area contributed by atoms with Crippen LogP contribution in [0.2, 0.25) is 0 Å². The van der Waals surface area contributed by atoms with Crippen molar-refractivity contribution in [3.05, 3.63) is 71.9 Å². The second-order valence-electron chi connectivity index (χ2n) is 9.72. The van der Waals surface area contributed by atoms with Gasteiger partial charge in [-0.2, -0.15) is 13.2 Å². The summed E-state index contributed by atoms with van der Waals surface area (Å²) in [5, 5.41) is 2.43. The average Bonchev–Trinajstić information content (AvgIpc) is 3.57. The first-order valence-corrected chi connectivity index (χ1v) is 14.4. The van der Waals surface area contributed by atoms with Crippen LogP contribution in [0, 0.1) is 0 Å². The number of alkyl halides is 3. The van der Waals surface area contributed by atoms with Crippen molar-refractivity contribution in [3.63, 3.8) is 0 Å². The molecule has 4 aromatic rings. The minimum Gasteiger partial charge on any atom is -0.333 e. The van der Waals surface area contributed by atoms with E-state index >= 15 is 0 Å². The Bertz CT molecular complexity index is 1690. The molecule has 2 amide bonds. The van der Waals surface area contributed by atoms with Crippen LogP contribution in [0.4, 0.5) is 24.0 Å². The summed E-state index contributed by atoms with van der Waals surface area (Å²) in [6.07, 6.45) is -1.48. The number of benzene rings is 2. The van der Waals surface area contributed by atoms with Gasteiger partial charge in [0.15, 0.2) is 5.13 Å². The van der Waals surface area contributed by atoms with E-state index in [0.717, 1.165) is 23.5 Å². The van der Waals surface area contributed by atoms with Crippen molar-refractivity contribution in [1.82, 2.24) is 14.5 Å². The topological polar surface area (TPSA) is 105 Å². The van der Waals surface area contributed by atoms with Gasteiger partial charge in [0, 0.05) is 43.5 Å². The van der Waals surface area contributed by atoms with E-state index in [1.807, 2.05) is 0 Å². The molecule has 1 fully saturated rings. The zero-order valence-corrected chi connectivity index (χ0v) is 23.0. The molecule has 212 valence electrons. The van der Waals surface area contributed by atoms with Crippen molar-refractivity contribution in [2.24, 2.45) is 0 Å². The van der Waals surface area contributed by atoms with Crippen LogP contribution in [-0.2, 0) is 31.3 Å². The van der Waals surface area contributed by atoms with Crippen molar-refractivity contribution in [1.29, 1.82) is 0 Å². The van der Waals surface area contributed by atoms with Crippen LogP contribution in [0.25, 0.3) is 10.9 Å². The van der Waals surface area contributed by atoms with Crippen molar-refractivity contribution < 1.29 is 32.6 Å². The van der Waals surface area contributed by atoms with E-state index in [2.05, 4.69) is 9.71 Å². The summed E-state index contributed by atoms with van der Waals surface area (Å²) in [6.45, 7) is 3.32. The molecule has 0 atom stereocenters. The molecule has 0 aliphatic carbocycles. The maximum absolute atomic E-state index is 13.6. The van der Waals surface area contributed by atoms with E-state index < -0.39 is 33.2 Å². The number of piperazine rings is 1. The Morgan fingerprint density at radius 3 is 2.42 bits per heavy atom. The summed E-state index contributed by atoms with van der Waals surface area (Å²) in [5.74, 6) is -0.784. The number of hydrogen-bond donors (Lipinski definition) is 1. The van der Waals surface area contributed by atoms with Gasteiger partial charge in [0.1, 0.15) is 12.1 Å². The highest BCUT2D eigenvalue weighted by Gasteiger charge is 2.39. The molecule has 3 heterocycles. The highest BCUT2D eigenvalue weighted by Crippen LogP contribution is 2.34. The lowest BCUT2D eigenvalue weighted by Gasteiger charge is -2.39. The Hall–Kier alpha value is -3.91. The summed E-state index contributed by atoms with van der Waals surface area (Å²) >= 11 is 1.14. The summed E-state index contributed by atoms with van der Waals surface area (Å²) in [7, 11) is -3.85. The second-order valence-corrected chi connectivity index (χ2v) is 12.3. The Balaban J connectivity index is 0.00000387. The van der Waals surface area contributed by atoms with Gasteiger partial charge in [-0.25, -0.2) is 13.4 Å². The van der Waals surface area contributed by atoms with Gasteiger partial charge >= 0.3 is 6.18 Å². The molecule has 40 heavy (non-hydrogen) atoms. The maximum Gasteiger partial charge on any atom is 0.416 e. The molecular formula is C26H26F3N5O4S2. The standard InChI is InChI=1S/C26H24F3N5O4S2.H2/c1-25(2,34-11-9-17-3-4-18(15-21(17)34)26(27,28)29)23(36)32-12-13-33(22(35)16-32)19-5-7-20(8-6-19)40(37,38)31-24-30-10-14-39-24;/h3-11,14-15H,12-13,16H2,1-2H3,(H,30,31);1H. The minimum absolute atomic E-state index is 0. The molecule has 2 aromatic heterocycles. The Morgan fingerprint density at radius 1 is 1.07 bits per heavy atom. The lowest BCUT2D eigenvalue weighted by Crippen LogP contribution is -2.57. The van der Waals surface area contributed by atoms with Crippen LogP contribution >= 0.6 is 11.3 Å². The van der Waals surface area contributed by atoms with Crippen molar-refractivity contribution in [3.8, 4) is 0 Å². The van der Waals surface area contributed by atoms with Crippen molar-refractivity contribution in [2.75, 3.05) is 29.3 Å². The van der Waals surface area contributed by atoms with E-state index in [0.29, 0.717) is 11.1 Å². The lowest BCUT2D eigenvalue weighted by molar-refractivity contribution is -0.143. The number of thiazole rings is 1. The fourth-order valence-corrected chi connectivity index (χ4v) is 6.44. The van der Waals surface area contributed by atoms with Gasteiger partial charge < -0.3 is 14.4 Å². The summed E-state index contributed by atoms with van der Waals surface area (Å²) < 4.78 is 69.0. The number of nitrogens with one attached hydrogen (secondary N) is 1. The van der Waals surface area contributed by atoms with Crippen molar-refractivity contribution >= 4 is 54.9 Å². The number of fused-ring (bicyclic) bond motifs is 1. The summed E-state index contributed by atoms with van der Waals surface area (Å²) in [6, 6.07) is 10.8. The number of sulfonamides is 1. The van der Waals surface area contributed by atoms with Crippen LogP contribution in [-0.4, -0.2) is 54.3 Å². The number of carbonyl (C=O) groups is 2. The number of nitrogens with zero attached hydrogens (tertiary/aromatic N) is 4. The molecule has 0 radical (unpaired) electrons. The van der Waals surface area contributed by atoms with E-state index in [-0.39, 0.29) is 42.5 Å². The van der Waals surface area contributed by atoms with Gasteiger partial charge in [-0.05, 0) is 61.7 Å². The normalized spacial score (nSPS) is 15.1. The molecule has 0 unspecified atom stereocenters. The summed E-state index contributed by atoms with van der Waals surface area (Å²) in [4.78, 5) is 33.4. The van der Waals surface area contributed by atoms with Crippen LogP contribution < -0.4 is 9.62 Å². The number of amides is 2. The number of hydrogen-bond acceptors (Lipinski definition) is 6. The minimum atomic E-state index is -4.53. The van der Waals surface area contributed by atoms with Crippen LogP contribution in [0.5, 0.6) is 0 Å². The molecule has 0 spiro atoms. The molecule has 5 rings (SSSR count). The third-order valence-corrected chi connectivity index (χ3v) is 8.94.